The van der Waals surface area contributed by atoms with Crippen molar-refractivity contribution in [1.29, 1.82) is 0 Å². The molecule has 1 unspecified atom stereocenters. The van der Waals surface area contributed by atoms with Gasteiger partial charge in [-0.15, -0.1) is 0 Å². The third-order valence-corrected chi connectivity index (χ3v) is 3.26. The Morgan fingerprint density at radius 2 is 2.00 bits per heavy atom. The Hall–Kier alpha value is -2.43. The lowest BCUT2D eigenvalue weighted by atomic mass is 9.87. The second kappa shape index (κ2) is 6.56. The van der Waals surface area contributed by atoms with E-state index in [9.17, 15) is 9.59 Å². The number of amides is 1. The van der Waals surface area contributed by atoms with Crippen LogP contribution in [0.5, 0.6) is 0 Å². The van der Waals surface area contributed by atoms with Gasteiger partial charge in [-0.3, -0.25) is 9.59 Å². The summed E-state index contributed by atoms with van der Waals surface area (Å²) in [5, 5.41) is 0. The topological polar surface area (TPSA) is 65.0 Å². The van der Waals surface area contributed by atoms with Crippen molar-refractivity contribution in [2.45, 2.75) is 26.9 Å². The van der Waals surface area contributed by atoms with E-state index in [4.69, 9.17) is 9.47 Å². The molecule has 1 heterocycles. The lowest BCUT2D eigenvalue weighted by Gasteiger charge is -2.28. The number of benzene rings is 1. The van der Waals surface area contributed by atoms with Crippen LogP contribution in [-0.4, -0.2) is 30.5 Å². The summed E-state index contributed by atoms with van der Waals surface area (Å²) in [5.74, 6) is -0.469. The summed E-state index contributed by atoms with van der Waals surface area (Å²) in [5.41, 5.74) is 0.345. The predicted molar refractivity (Wildman–Crippen MR) is 83.2 cm³/mol. The highest BCUT2D eigenvalue weighted by Crippen LogP contribution is 2.28. The third-order valence-electron chi connectivity index (χ3n) is 3.26. The molecule has 5 nitrogen and oxygen atoms in total. The van der Waals surface area contributed by atoms with Gasteiger partial charge in [0.15, 0.2) is 6.10 Å². The molecule has 0 aromatic heterocycles. The van der Waals surface area contributed by atoms with Crippen LogP contribution in [0.3, 0.4) is 0 Å². The number of ether oxygens (including phenoxy) is 2. The van der Waals surface area contributed by atoms with E-state index in [-0.39, 0.29) is 24.4 Å². The monoisotopic (exact) mass is 301 g/mol. The van der Waals surface area contributed by atoms with Crippen LogP contribution in [-0.2, 0) is 19.1 Å². The van der Waals surface area contributed by atoms with Crippen molar-refractivity contribution in [3.63, 3.8) is 0 Å². The van der Waals surface area contributed by atoms with Crippen molar-refractivity contribution in [3.05, 3.63) is 42.0 Å². The Morgan fingerprint density at radius 3 is 2.64 bits per heavy atom. The van der Waals surface area contributed by atoms with E-state index in [1.165, 1.54) is 6.92 Å². The summed E-state index contributed by atoms with van der Waals surface area (Å²) in [7, 11) is 0. The predicted octanol–water partition coefficient (Wildman–Crippen LogP) is 2.61. The largest absolute Gasteiger partial charge is 0.465 e. The van der Waals surface area contributed by atoms with Gasteiger partial charge in [0.1, 0.15) is 6.61 Å². The molecule has 1 amide bonds. The summed E-state index contributed by atoms with van der Waals surface area (Å²) in [6.07, 6.45) is 2.74. The maximum Gasteiger partial charge on any atom is 0.302 e. The first kappa shape index (κ1) is 15.9. The van der Waals surface area contributed by atoms with Crippen LogP contribution < -0.4 is 0 Å². The first-order valence-electron chi connectivity index (χ1n) is 7.04. The Balaban J connectivity index is 2.01. The number of hydrogen-bond acceptors (Lipinski definition) is 4. The number of rotatable bonds is 5. The molecule has 0 saturated carbocycles. The first-order chi connectivity index (χ1) is 10.4. The minimum absolute atomic E-state index is 0.101. The van der Waals surface area contributed by atoms with Crippen LogP contribution >= 0.6 is 0 Å². The molecule has 1 aromatic rings. The van der Waals surface area contributed by atoms with Crippen molar-refractivity contribution in [1.82, 2.24) is 0 Å². The van der Waals surface area contributed by atoms with Crippen LogP contribution in [0.25, 0.3) is 6.08 Å². The van der Waals surface area contributed by atoms with Gasteiger partial charge in [0, 0.05) is 18.4 Å². The quantitative estimate of drug-likeness (QED) is 0.784. The smallest absolute Gasteiger partial charge is 0.302 e. The van der Waals surface area contributed by atoms with Gasteiger partial charge < -0.3 is 9.47 Å². The van der Waals surface area contributed by atoms with Crippen molar-refractivity contribution < 1.29 is 19.1 Å². The molecular weight excluding hydrogens is 282 g/mol. The maximum atomic E-state index is 12.0. The molecule has 0 aliphatic carbocycles. The average Bonchev–Trinajstić information content (AvgIpc) is 2.86. The van der Waals surface area contributed by atoms with E-state index >= 15 is 0 Å². The average molecular weight is 301 g/mol. The highest BCUT2D eigenvalue weighted by molar-refractivity contribution is 6.06. The second-order valence-electron chi connectivity index (χ2n) is 5.80. The van der Waals surface area contributed by atoms with Crippen LogP contribution in [0.15, 0.2) is 41.4 Å². The molecule has 116 valence electrons. The van der Waals surface area contributed by atoms with Crippen molar-refractivity contribution >= 4 is 23.9 Å². The van der Waals surface area contributed by atoms with E-state index < -0.39 is 11.5 Å². The molecule has 5 heteroatoms. The second-order valence-corrected chi connectivity index (χ2v) is 5.80. The SMILES string of the molecule is CC(=O)OCC(C)(C)C1OC(/C=C\c2ccccc2)=NC1=O. The summed E-state index contributed by atoms with van der Waals surface area (Å²) in [4.78, 5) is 26.8. The minimum Gasteiger partial charge on any atom is -0.465 e. The molecule has 0 saturated heterocycles. The fraction of sp³-hybridized carbons (Fsp3) is 0.353. The van der Waals surface area contributed by atoms with Gasteiger partial charge in [0.05, 0.1) is 0 Å². The summed E-state index contributed by atoms with van der Waals surface area (Å²) in [6.45, 7) is 5.04. The Kier molecular flexibility index (Phi) is 4.75. The van der Waals surface area contributed by atoms with Gasteiger partial charge in [0.25, 0.3) is 5.91 Å². The summed E-state index contributed by atoms with van der Waals surface area (Å²) in [6, 6.07) is 9.66. The van der Waals surface area contributed by atoms with Crippen molar-refractivity contribution in [3.8, 4) is 0 Å². The number of hydrogen-bond donors (Lipinski definition) is 0. The Bertz CT molecular complexity index is 617. The molecule has 0 radical (unpaired) electrons. The van der Waals surface area contributed by atoms with Gasteiger partial charge in [0.2, 0.25) is 5.90 Å². The van der Waals surface area contributed by atoms with Gasteiger partial charge in [-0.1, -0.05) is 44.2 Å². The fourth-order valence-electron chi connectivity index (χ4n) is 2.03. The van der Waals surface area contributed by atoms with Crippen LogP contribution in [0.2, 0.25) is 0 Å². The zero-order valence-electron chi connectivity index (χ0n) is 12.9. The molecule has 1 aliphatic heterocycles. The molecule has 2 rings (SSSR count). The van der Waals surface area contributed by atoms with Gasteiger partial charge >= 0.3 is 5.97 Å². The molecule has 0 N–H and O–H groups in total. The van der Waals surface area contributed by atoms with E-state index in [0.717, 1.165) is 5.56 Å². The number of carbonyl (C=O) groups is 2. The third kappa shape index (κ3) is 4.04. The molecular formula is C17H19NO4. The van der Waals surface area contributed by atoms with Crippen LogP contribution in [0, 0.1) is 5.41 Å². The molecule has 0 spiro atoms. The summed E-state index contributed by atoms with van der Waals surface area (Å²) < 4.78 is 10.6. The van der Waals surface area contributed by atoms with Crippen LogP contribution in [0.4, 0.5) is 0 Å². The lowest BCUT2D eigenvalue weighted by Crippen LogP contribution is -2.39. The Labute approximate surface area is 129 Å². The van der Waals surface area contributed by atoms with Crippen molar-refractivity contribution in [2.75, 3.05) is 6.61 Å². The van der Waals surface area contributed by atoms with E-state index in [1.807, 2.05) is 36.4 Å². The minimum atomic E-state index is -0.748. The zero-order chi connectivity index (χ0) is 16.2. The van der Waals surface area contributed by atoms with E-state index in [2.05, 4.69) is 4.99 Å². The fourth-order valence-corrected chi connectivity index (χ4v) is 2.03. The van der Waals surface area contributed by atoms with E-state index in [1.54, 1.807) is 19.9 Å². The molecule has 22 heavy (non-hydrogen) atoms. The standard InChI is InChI=1S/C17H19NO4/c1-12(19)21-11-17(2,3)15-16(20)18-14(22-15)10-9-13-7-5-4-6-8-13/h4-10,15H,11H2,1-3H3/b10-9-. The van der Waals surface area contributed by atoms with Crippen LogP contribution in [0.1, 0.15) is 26.3 Å². The molecule has 1 aliphatic rings. The molecule has 1 atom stereocenters. The lowest BCUT2D eigenvalue weighted by molar-refractivity contribution is -0.148. The highest BCUT2D eigenvalue weighted by atomic mass is 16.5. The number of aliphatic imine (C=N–C) groups is 1. The normalized spacial score (nSPS) is 18.2. The number of nitrogens with zero attached hydrogens (tertiary/aromatic N) is 1. The molecule has 1 aromatic carbocycles. The molecule has 0 fully saturated rings. The number of esters is 1. The van der Waals surface area contributed by atoms with Gasteiger partial charge in [-0.2, -0.15) is 4.99 Å². The number of carbonyl (C=O) groups excluding carboxylic acids is 2. The Morgan fingerprint density at radius 1 is 1.32 bits per heavy atom. The van der Waals surface area contributed by atoms with Gasteiger partial charge in [-0.25, -0.2) is 0 Å². The first-order valence-corrected chi connectivity index (χ1v) is 7.04. The highest BCUT2D eigenvalue weighted by Gasteiger charge is 2.42. The summed E-state index contributed by atoms with van der Waals surface area (Å²) >= 11 is 0. The zero-order valence-corrected chi connectivity index (χ0v) is 12.9. The maximum absolute atomic E-state index is 12.0. The van der Waals surface area contributed by atoms with E-state index in [0.29, 0.717) is 0 Å². The molecule has 0 bridgehead atoms. The van der Waals surface area contributed by atoms with Gasteiger partial charge in [-0.05, 0) is 11.6 Å². The van der Waals surface area contributed by atoms with Crippen molar-refractivity contribution in [2.24, 2.45) is 10.4 Å².